The minimum absolute atomic E-state index is 0.106. The van der Waals surface area contributed by atoms with Crippen molar-refractivity contribution < 1.29 is 18.4 Å². The molecule has 0 bridgehead atoms. The van der Waals surface area contributed by atoms with E-state index in [-0.39, 0.29) is 12.2 Å². The summed E-state index contributed by atoms with van der Waals surface area (Å²) in [5.74, 6) is -3.04. The van der Waals surface area contributed by atoms with Crippen molar-refractivity contribution in [2.75, 3.05) is 11.9 Å². The largest absolute Gasteiger partial charge is 0.342 e. The molecule has 0 fully saturated rings. The molecule has 1 heterocycles. The van der Waals surface area contributed by atoms with E-state index in [9.17, 15) is 18.4 Å². The number of aromatic nitrogens is 1. The van der Waals surface area contributed by atoms with Crippen LogP contribution in [-0.2, 0) is 4.79 Å². The Morgan fingerprint density at radius 3 is 2.48 bits per heavy atom. The number of hydrogen-bond acceptors (Lipinski definition) is 4. The van der Waals surface area contributed by atoms with Crippen LogP contribution >= 0.6 is 11.3 Å². The Morgan fingerprint density at radius 1 is 1.03 bits per heavy atom. The molecule has 3 aromatic rings. The van der Waals surface area contributed by atoms with Crippen molar-refractivity contribution in [1.82, 2.24) is 10.3 Å². The van der Waals surface area contributed by atoms with Crippen LogP contribution in [0.15, 0.2) is 36.4 Å². The number of thiazole rings is 1. The van der Waals surface area contributed by atoms with E-state index in [1.54, 1.807) is 6.92 Å². The van der Waals surface area contributed by atoms with Gasteiger partial charge >= 0.3 is 0 Å². The maximum absolute atomic E-state index is 13.2. The Balaban J connectivity index is 1.65. The molecule has 29 heavy (non-hydrogen) atoms. The summed E-state index contributed by atoms with van der Waals surface area (Å²) in [5.41, 5.74) is 3.85. The highest BCUT2D eigenvalue weighted by molar-refractivity contribution is 7.17. The fourth-order valence-corrected chi connectivity index (χ4v) is 3.87. The second-order valence-corrected chi connectivity index (χ2v) is 7.61. The van der Waals surface area contributed by atoms with Crippen LogP contribution in [0.2, 0.25) is 0 Å². The van der Waals surface area contributed by atoms with Crippen LogP contribution in [0.3, 0.4) is 0 Å². The number of hydrogen-bond donors (Lipinski definition) is 2. The first-order chi connectivity index (χ1) is 13.7. The Morgan fingerprint density at radius 2 is 1.79 bits per heavy atom. The molecule has 2 aromatic carbocycles. The number of amides is 2. The lowest BCUT2D eigenvalue weighted by Gasteiger charge is -2.07. The fraction of sp³-hybridized carbons (Fsp3) is 0.190. The Labute approximate surface area is 170 Å². The van der Waals surface area contributed by atoms with Gasteiger partial charge in [-0.1, -0.05) is 23.8 Å². The van der Waals surface area contributed by atoms with Gasteiger partial charge < -0.3 is 10.6 Å². The quantitative estimate of drug-likeness (QED) is 0.650. The summed E-state index contributed by atoms with van der Waals surface area (Å²) in [7, 11) is 0. The summed E-state index contributed by atoms with van der Waals surface area (Å²) < 4.78 is 26.1. The smallest absolute Gasteiger partial charge is 0.263 e. The van der Waals surface area contributed by atoms with Crippen LogP contribution < -0.4 is 10.6 Å². The lowest BCUT2D eigenvalue weighted by atomic mass is 10.1. The van der Waals surface area contributed by atoms with Crippen molar-refractivity contribution >= 4 is 28.8 Å². The minimum atomic E-state index is -1.06. The first kappa shape index (κ1) is 20.6. The van der Waals surface area contributed by atoms with Crippen molar-refractivity contribution in [3.8, 4) is 10.6 Å². The Hall–Kier alpha value is -3.13. The Kier molecular flexibility index (Phi) is 6.03. The SMILES string of the molecule is Cc1ccc(-c2nc(C)c(C(=O)NCC(=O)Nc3ccc(F)c(F)c3)s2)c(C)c1. The topological polar surface area (TPSA) is 71.1 Å². The van der Waals surface area contributed by atoms with E-state index in [1.165, 1.54) is 17.4 Å². The molecule has 0 aliphatic carbocycles. The molecule has 8 heteroatoms. The number of carbonyl (C=O) groups excluding carboxylic acids is 2. The number of carbonyl (C=O) groups is 2. The Bertz CT molecular complexity index is 1100. The molecule has 0 saturated carbocycles. The van der Waals surface area contributed by atoms with Gasteiger partial charge in [0.05, 0.1) is 12.2 Å². The lowest BCUT2D eigenvalue weighted by Crippen LogP contribution is -2.32. The van der Waals surface area contributed by atoms with E-state index in [0.29, 0.717) is 10.6 Å². The zero-order chi connectivity index (χ0) is 21.1. The second-order valence-electron chi connectivity index (χ2n) is 6.61. The lowest BCUT2D eigenvalue weighted by molar-refractivity contribution is -0.115. The first-order valence-corrected chi connectivity index (χ1v) is 9.64. The van der Waals surface area contributed by atoms with Crippen LogP contribution in [0.25, 0.3) is 10.6 Å². The van der Waals surface area contributed by atoms with Crippen molar-refractivity contribution in [3.05, 3.63) is 69.7 Å². The number of benzene rings is 2. The van der Waals surface area contributed by atoms with Gasteiger partial charge in [0.2, 0.25) is 5.91 Å². The highest BCUT2D eigenvalue weighted by atomic mass is 32.1. The predicted molar refractivity (Wildman–Crippen MR) is 109 cm³/mol. The number of rotatable bonds is 5. The molecule has 0 aliphatic heterocycles. The summed E-state index contributed by atoms with van der Waals surface area (Å²) >= 11 is 1.25. The molecule has 0 radical (unpaired) electrons. The molecule has 2 N–H and O–H groups in total. The molecule has 150 valence electrons. The number of nitrogens with one attached hydrogen (secondary N) is 2. The molecule has 0 aliphatic rings. The van der Waals surface area contributed by atoms with Crippen LogP contribution in [0.1, 0.15) is 26.5 Å². The average molecular weight is 415 g/mol. The molecule has 0 spiro atoms. The standard InChI is InChI=1S/C21H19F2N3O2S/c1-11-4-6-15(12(2)8-11)21-25-13(3)19(29-21)20(28)24-10-18(27)26-14-5-7-16(22)17(23)9-14/h4-9H,10H2,1-3H3,(H,24,28)(H,26,27). The van der Waals surface area contributed by atoms with Gasteiger partial charge in [0.1, 0.15) is 9.88 Å². The zero-order valence-electron chi connectivity index (χ0n) is 16.1. The molecular weight excluding hydrogens is 396 g/mol. The van der Waals surface area contributed by atoms with Gasteiger partial charge in [-0.3, -0.25) is 9.59 Å². The predicted octanol–water partition coefficient (Wildman–Crippen LogP) is 4.38. The number of anilines is 1. The monoisotopic (exact) mass is 415 g/mol. The summed E-state index contributed by atoms with van der Waals surface area (Å²) in [5, 5.41) is 5.66. The van der Waals surface area contributed by atoms with E-state index in [1.807, 2.05) is 26.0 Å². The van der Waals surface area contributed by atoms with Crippen LogP contribution in [0.5, 0.6) is 0 Å². The molecule has 1 aromatic heterocycles. The van der Waals surface area contributed by atoms with E-state index in [4.69, 9.17) is 0 Å². The van der Waals surface area contributed by atoms with Crippen molar-refractivity contribution in [2.24, 2.45) is 0 Å². The third-order valence-corrected chi connectivity index (χ3v) is 5.42. The average Bonchev–Trinajstić information content (AvgIpc) is 3.04. The third kappa shape index (κ3) is 4.83. The second kappa shape index (κ2) is 8.48. The van der Waals surface area contributed by atoms with Crippen molar-refractivity contribution in [3.63, 3.8) is 0 Å². The van der Waals surface area contributed by atoms with Gasteiger partial charge in [-0.05, 0) is 38.5 Å². The number of halogens is 2. The van der Waals surface area contributed by atoms with E-state index >= 15 is 0 Å². The molecule has 5 nitrogen and oxygen atoms in total. The first-order valence-electron chi connectivity index (χ1n) is 8.82. The minimum Gasteiger partial charge on any atom is -0.342 e. The molecule has 2 amide bonds. The summed E-state index contributed by atoms with van der Waals surface area (Å²) in [6.45, 7) is 5.42. The maximum atomic E-state index is 13.2. The van der Waals surface area contributed by atoms with Gasteiger partial charge in [0, 0.05) is 17.3 Å². The summed E-state index contributed by atoms with van der Waals surface area (Å²) in [6.07, 6.45) is 0. The highest BCUT2D eigenvalue weighted by Gasteiger charge is 2.18. The molecule has 0 unspecified atom stereocenters. The van der Waals surface area contributed by atoms with Crippen LogP contribution in [0, 0.1) is 32.4 Å². The number of aryl methyl sites for hydroxylation is 3. The molecule has 0 atom stereocenters. The van der Waals surface area contributed by atoms with E-state index in [2.05, 4.69) is 21.7 Å². The third-order valence-electron chi connectivity index (χ3n) is 4.23. The maximum Gasteiger partial charge on any atom is 0.263 e. The van der Waals surface area contributed by atoms with Gasteiger partial charge in [-0.2, -0.15) is 0 Å². The molecule has 0 saturated heterocycles. The summed E-state index contributed by atoms with van der Waals surface area (Å²) in [6, 6.07) is 9.04. The van der Waals surface area contributed by atoms with Gasteiger partial charge in [0.25, 0.3) is 5.91 Å². The summed E-state index contributed by atoms with van der Waals surface area (Å²) in [4.78, 5) is 29.4. The van der Waals surface area contributed by atoms with E-state index in [0.717, 1.165) is 33.8 Å². The van der Waals surface area contributed by atoms with Gasteiger partial charge in [-0.15, -0.1) is 11.3 Å². The van der Waals surface area contributed by atoms with Gasteiger partial charge in [-0.25, -0.2) is 13.8 Å². The van der Waals surface area contributed by atoms with E-state index < -0.39 is 23.4 Å². The highest BCUT2D eigenvalue weighted by Crippen LogP contribution is 2.30. The van der Waals surface area contributed by atoms with Crippen LogP contribution in [-0.4, -0.2) is 23.3 Å². The van der Waals surface area contributed by atoms with Crippen LogP contribution in [0.4, 0.5) is 14.5 Å². The molecule has 3 rings (SSSR count). The normalized spacial score (nSPS) is 10.7. The zero-order valence-corrected chi connectivity index (χ0v) is 16.9. The molecular formula is C21H19F2N3O2S. The van der Waals surface area contributed by atoms with Crippen molar-refractivity contribution in [1.29, 1.82) is 0 Å². The fourth-order valence-electron chi connectivity index (χ4n) is 2.80. The van der Waals surface area contributed by atoms with Gasteiger partial charge in [0.15, 0.2) is 11.6 Å². The van der Waals surface area contributed by atoms with Crippen molar-refractivity contribution in [2.45, 2.75) is 20.8 Å². The number of nitrogens with zero attached hydrogens (tertiary/aromatic N) is 1.